The van der Waals surface area contributed by atoms with E-state index in [-0.39, 0.29) is 17.9 Å². The quantitative estimate of drug-likeness (QED) is 0.589. The van der Waals surface area contributed by atoms with E-state index in [0.717, 1.165) is 0 Å². The number of carbonyl (C=O) groups excluding carboxylic acids is 2. The zero-order valence-electron chi connectivity index (χ0n) is 7.46. The van der Waals surface area contributed by atoms with E-state index in [4.69, 9.17) is 0 Å². The van der Waals surface area contributed by atoms with Gasteiger partial charge in [-0.25, -0.2) is 0 Å². The molecule has 1 aliphatic rings. The average Bonchev–Trinajstić information content (AvgIpc) is 2.18. The van der Waals surface area contributed by atoms with Gasteiger partial charge in [0.2, 0.25) is 11.8 Å². The fraction of sp³-hybridized carbons (Fsp3) is 0.750. The van der Waals surface area contributed by atoms with Crippen molar-refractivity contribution in [3.63, 3.8) is 0 Å². The van der Waals surface area contributed by atoms with Crippen LogP contribution < -0.4 is 5.32 Å². The third-order valence-electron chi connectivity index (χ3n) is 2.09. The highest BCUT2D eigenvalue weighted by Gasteiger charge is 2.25. The molecule has 1 N–H and O–H groups in total. The average molecular weight is 170 g/mol. The molecule has 2 amide bonds. The summed E-state index contributed by atoms with van der Waals surface area (Å²) in [6, 6.07) is -0.315. The first-order valence-electron chi connectivity index (χ1n) is 4.19. The molecule has 68 valence electrons. The molecular formula is C8H14N2O2. The molecule has 0 aliphatic carbocycles. The second-order valence-corrected chi connectivity index (χ2v) is 3.04. The largest absolute Gasteiger partial charge is 0.344 e. The van der Waals surface area contributed by atoms with Gasteiger partial charge in [-0.1, -0.05) is 6.92 Å². The summed E-state index contributed by atoms with van der Waals surface area (Å²) in [5, 5.41) is 2.68. The van der Waals surface area contributed by atoms with Crippen molar-refractivity contribution in [1.82, 2.24) is 10.2 Å². The highest BCUT2D eigenvalue weighted by molar-refractivity contribution is 5.89. The topological polar surface area (TPSA) is 49.4 Å². The lowest BCUT2D eigenvalue weighted by Gasteiger charge is -2.17. The van der Waals surface area contributed by atoms with E-state index in [1.807, 2.05) is 6.92 Å². The summed E-state index contributed by atoms with van der Waals surface area (Å²) >= 11 is 0. The molecule has 0 radical (unpaired) electrons. The van der Waals surface area contributed by atoms with Crippen LogP contribution in [0.1, 0.15) is 19.8 Å². The van der Waals surface area contributed by atoms with Gasteiger partial charge in [0.15, 0.2) is 0 Å². The molecule has 0 spiro atoms. The summed E-state index contributed by atoms with van der Waals surface area (Å²) in [7, 11) is 1.73. The molecule has 12 heavy (non-hydrogen) atoms. The lowest BCUT2D eigenvalue weighted by atomic mass is 10.2. The van der Waals surface area contributed by atoms with Crippen LogP contribution in [0.4, 0.5) is 0 Å². The van der Waals surface area contributed by atoms with Crippen molar-refractivity contribution in [3.05, 3.63) is 0 Å². The predicted octanol–water partition coefficient (Wildman–Crippen LogP) is -0.257. The summed E-state index contributed by atoms with van der Waals surface area (Å²) in [5.41, 5.74) is 0. The maximum atomic E-state index is 11.4. The number of nitrogens with one attached hydrogen (secondary N) is 1. The Hall–Kier alpha value is -1.06. The minimum Gasteiger partial charge on any atom is -0.344 e. The zero-order chi connectivity index (χ0) is 9.14. The lowest BCUT2D eigenvalue weighted by molar-refractivity contribution is -0.132. The second-order valence-electron chi connectivity index (χ2n) is 3.04. The van der Waals surface area contributed by atoms with Crippen molar-refractivity contribution in [2.24, 2.45) is 0 Å². The standard InChI is InChI=1S/C8H14N2O2/c1-3-6-8(12)10(2)5-4-7(11)9-6/h6H,3-5H2,1-2H3,(H,9,11). The Morgan fingerprint density at radius 1 is 1.58 bits per heavy atom. The smallest absolute Gasteiger partial charge is 0.244 e. The van der Waals surface area contributed by atoms with Gasteiger partial charge < -0.3 is 10.2 Å². The molecule has 1 atom stereocenters. The Balaban J connectivity index is 2.71. The molecule has 1 unspecified atom stereocenters. The Morgan fingerprint density at radius 2 is 2.25 bits per heavy atom. The van der Waals surface area contributed by atoms with Crippen LogP contribution in [0.25, 0.3) is 0 Å². The van der Waals surface area contributed by atoms with Crippen molar-refractivity contribution in [1.29, 1.82) is 0 Å². The van der Waals surface area contributed by atoms with Gasteiger partial charge in [0.05, 0.1) is 0 Å². The maximum Gasteiger partial charge on any atom is 0.244 e. The molecular weight excluding hydrogens is 156 g/mol. The first-order valence-corrected chi connectivity index (χ1v) is 4.19. The van der Waals surface area contributed by atoms with Gasteiger partial charge in [-0.15, -0.1) is 0 Å². The highest BCUT2D eigenvalue weighted by atomic mass is 16.2. The fourth-order valence-electron chi connectivity index (χ4n) is 1.25. The van der Waals surface area contributed by atoms with Crippen LogP contribution in [0.15, 0.2) is 0 Å². The summed E-state index contributed by atoms with van der Waals surface area (Å²) < 4.78 is 0. The number of rotatable bonds is 1. The number of hydrogen-bond donors (Lipinski definition) is 1. The van der Waals surface area contributed by atoms with Crippen molar-refractivity contribution < 1.29 is 9.59 Å². The fourth-order valence-corrected chi connectivity index (χ4v) is 1.25. The summed E-state index contributed by atoms with van der Waals surface area (Å²) in [4.78, 5) is 24.1. The molecule has 1 saturated heterocycles. The number of amides is 2. The van der Waals surface area contributed by atoms with E-state index in [1.165, 1.54) is 0 Å². The predicted molar refractivity (Wildman–Crippen MR) is 44.5 cm³/mol. The molecule has 0 saturated carbocycles. The maximum absolute atomic E-state index is 11.4. The van der Waals surface area contributed by atoms with Crippen LogP contribution in [-0.2, 0) is 9.59 Å². The number of nitrogens with zero attached hydrogens (tertiary/aromatic N) is 1. The number of hydrogen-bond acceptors (Lipinski definition) is 2. The number of likely N-dealkylation sites (N-methyl/N-ethyl adjacent to an activating group) is 1. The van der Waals surface area contributed by atoms with Gasteiger partial charge in [0.1, 0.15) is 6.04 Å². The highest BCUT2D eigenvalue weighted by Crippen LogP contribution is 2.03. The normalized spacial score (nSPS) is 25.2. The lowest BCUT2D eigenvalue weighted by Crippen LogP contribution is -2.42. The van der Waals surface area contributed by atoms with Crippen LogP contribution in [0.5, 0.6) is 0 Å². The Bertz CT molecular complexity index is 203. The van der Waals surface area contributed by atoms with Crippen LogP contribution in [0, 0.1) is 0 Å². The minimum atomic E-state index is -0.315. The summed E-state index contributed by atoms with van der Waals surface area (Å²) in [6.07, 6.45) is 1.08. The summed E-state index contributed by atoms with van der Waals surface area (Å²) in [6.45, 7) is 2.42. The van der Waals surface area contributed by atoms with E-state index >= 15 is 0 Å². The van der Waals surface area contributed by atoms with Crippen molar-refractivity contribution in [3.8, 4) is 0 Å². The van der Waals surface area contributed by atoms with Gasteiger partial charge >= 0.3 is 0 Å². The molecule has 1 rings (SSSR count). The Kier molecular flexibility index (Phi) is 2.68. The number of carbonyl (C=O) groups is 2. The summed E-state index contributed by atoms with van der Waals surface area (Å²) in [5.74, 6) is -0.0112. The van der Waals surface area contributed by atoms with Crippen LogP contribution >= 0.6 is 0 Å². The minimum absolute atomic E-state index is 0.0170. The van der Waals surface area contributed by atoms with Gasteiger partial charge in [-0.2, -0.15) is 0 Å². The first-order chi connectivity index (χ1) is 5.65. The molecule has 0 aromatic rings. The Morgan fingerprint density at radius 3 is 2.83 bits per heavy atom. The van der Waals surface area contributed by atoms with Crippen LogP contribution in [-0.4, -0.2) is 36.3 Å². The first kappa shape index (κ1) is 9.03. The molecule has 1 heterocycles. The van der Waals surface area contributed by atoms with Gasteiger partial charge in [-0.3, -0.25) is 9.59 Å². The van der Waals surface area contributed by atoms with E-state index in [2.05, 4.69) is 5.32 Å². The Labute approximate surface area is 71.9 Å². The van der Waals surface area contributed by atoms with E-state index < -0.39 is 0 Å². The molecule has 1 aliphatic heterocycles. The molecule has 0 bridgehead atoms. The van der Waals surface area contributed by atoms with Crippen molar-refractivity contribution in [2.75, 3.05) is 13.6 Å². The van der Waals surface area contributed by atoms with E-state index in [0.29, 0.717) is 19.4 Å². The zero-order valence-corrected chi connectivity index (χ0v) is 7.46. The third kappa shape index (κ3) is 1.75. The van der Waals surface area contributed by atoms with E-state index in [9.17, 15) is 9.59 Å². The SMILES string of the molecule is CCC1NC(=O)CCN(C)C1=O. The monoisotopic (exact) mass is 170 g/mol. The molecule has 4 nitrogen and oxygen atoms in total. The van der Waals surface area contributed by atoms with Gasteiger partial charge in [0.25, 0.3) is 0 Å². The molecule has 4 heteroatoms. The second kappa shape index (κ2) is 3.56. The third-order valence-corrected chi connectivity index (χ3v) is 2.09. The van der Waals surface area contributed by atoms with Crippen LogP contribution in [0.2, 0.25) is 0 Å². The molecule has 0 aromatic heterocycles. The van der Waals surface area contributed by atoms with Crippen LogP contribution in [0.3, 0.4) is 0 Å². The van der Waals surface area contributed by atoms with Crippen molar-refractivity contribution >= 4 is 11.8 Å². The van der Waals surface area contributed by atoms with Gasteiger partial charge in [-0.05, 0) is 6.42 Å². The van der Waals surface area contributed by atoms with Gasteiger partial charge in [0, 0.05) is 20.0 Å². The molecule has 1 fully saturated rings. The van der Waals surface area contributed by atoms with Crippen molar-refractivity contribution in [2.45, 2.75) is 25.8 Å². The molecule has 0 aromatic carbocycles. The van der Waals surface area contributed by atoms with E-state index in [1.54, 1.807) is 11.9 Å².